The van der Waals surface area contributed by atoms with Crippen molar-refractivity contribution in [2.45, 2.75) is 138 Å². The number of aliphatic hydroxyl groups excluding tert-OH is 6. The quantitative estimate of drug-likeness (QED) is 0.0663. The van der Waals surface area contributed by atoms with Crippen molar-refractivity contribution in [1.82, 2.24) is 29.6 Å². The van der Waals surface area contributed by atoms with E-state index in [0.717, 1.165) is 48.7 Å². The Morgan fingerprint density at radius 3 is 1.36 bits per heavy atom. The number of aliphatic hydroxyl groups is 6. The molecule has 16 atom stereocenters. The van der Waals surface area contributed by atoms with E-state index in [1.54, 1.807) is 53.3 Å². The van der Waals surface area contributed by atoms with Crippen molar-refractivity contribution in [2.75, 3.05) is 106 Å². The lowest BCUT2D eigenvalue weighted by Crippen LogP contribution is -2.43. The minimum Gasteiger partial charge on any atom is -0.491 e. The molecule has 1 aromatic rings. The lowest BCUT2D eigenvalue weighted by atomic mass is 10.0. The second-order valence-corrected chi connectivity index (χ2v) is 44.6. The summed E-state index contributed by atoms with van der Waals surface area (Å²) in [7, 11) is 7.90. The van der Waals surface area contributed by atoms with E-state index in [1.165, 1.54) is 26.0 Å². The number of hydrogen-bond donors (Lipinski definition) is 9. The van der Waals surface area contributed by atoms with Crippen LogP contribution in [-0.2, 0) is 49.7 Å². The molecule has 4 saturated heterocycles. The smallest absolute Gasteiger partial charge is 0.222 e. The number of carbonyl (C=O) groups excluding carboxylic acids is 1. The van der Waals surface area contributed by atoms with Gasteiger partial charge in [-0.15, -0.1) is 52.7 Å². The Bertz CT molecular complexity index is 3340. The number of aliphatic imine (C=N–C) groups is 3. The van der Waals surface area contributed by atoms with E-state index < -0.39 is 107 Å². The molecule has 0 bridgehead atoms. The maximum absolute atomic E-state index is 11.1. The molecule has 31 heteroatoms. The van der Waals surface area contributed by atoms with E-state index in [1.807, 2.05) is 20.2 Å². The van der Waals surface area contributed by atoms with Crippen molar-refractivity contribution in [3.05, 3.63) is 95.6 Å². The number of amidine groups is 3. The molecule has 0 spiro atoms. The first-order chi connectivity index (χ1) is 43.5. The van der Waals surface area contributed by atoms with Gasteiger partial charge in [-0.2, -0.15) is 0 Å². The third-order valence-electron chi connectivity index (χ3n) is 16.2. The topological polar surface area (TPSA) is 341 Å². The largest absolute Gasteiger partial charge is 0.491 e. The zero-order chi connectivity index (χ0) is 70.9. The van der Waals surface area contributed by atoms with Gasteiger partial charge in [-0.1, -0.05) is 19.7 Å². The van der Waals surface area contributed by atoms with Crippen LogP contribution in [0.4, 0.5) is 0 Å². The first-order valence-corrected chi connectivity index (χ1v) is 43.3. The van der Waals surface area contributed by atoms with Crippen LogP contribution in [0.1, 0.15) is 50.0 Å². The Morgan fingerprint density at radius 2 is 0.968 bits per heavy atom. The van der Waals surface area contributed by atoms with Gasteiger partial charge in [0.25, 0.3) is 0 Å². The van der Waals surface area contributed by atoms with Gasteiger partial charge >= 0.3 is 0 Å². The number of aryl methyl sites for hydroxylation is 2. The highest BCUT2D eigenvalue weighted by atomic mass is 32.1. The molecule has 4 fully saturated rings. The minimum absolute atomic E-state index is 0.203. The third-order valence-corrected chi connectivity index (χ3v) is 22.4. The molecule has 7 aliphatic heterocycles. The van der Waals surface area contributed by atoms with Crippen LogP contribution in [0, 0.1) is 11.7 Å². The number of rotatable bonds is 20. The van der Waals surface area contributed by atoms with Gasteiger partial charge in [0.2, 0.25) is 5.91 Å². The molecule has 1 amide bonds. The molecule has 26 nitrogen and oxygen atoms in total. The molecule has 0 unspecified atom stereocenters. The molecule has 94 heavy (non-hydrogen) atoms. The van der Waals surface area contributed by atoms with Crippen LogP contribution in [0.3, 0.4) is 0 Å². The lowest BCUT2D eigenvalue weighted by molar-refractivity contribution is -0.117. The Kier molecular flexibility index (Phi) is 28.9. The van der Waals surface area contributed by atoms with Crippen molar-refractivity contribution >= 4 is 88.4 Å². The van der Waals surface area contributed by atoms with E-state index in [-0.39, 0.29) is 35.9 Å². The Labute approximate surface area is 561 Å². The summed E-state index contributed by atoms with van der Waals surface area (Å²) in [4.78, 5) is 32.9. The Morgan fingerprint density at radius 1 is 0.596 bits per heavy atom. The maximum atomic E-state index is 11.1. The van der Waals surface area contributed by atoms with Crippen LogP contribution in [0.15, 0.2) is 94.6 Å². The number of methoxy groups -OCH3 is 4. The summed E-state index contributed by atoms with van der Waals surface area (Å²) < 4.78 is 47.5. The van der Waals surface area contributed by atoms with Gasteiger partial charge in [0.15, 0.2) is 46.6 Å². The van der Waals surface area contributed by atoms with Gasteiger partial charge in [-0.3, -0.25) is 4.79 Å². The van der Waals surface area contributed by atoms with E-state index >= 15 is 0 Å². The molecule has 7 aliphatic rings. The molecule has 0 saturated carbocycles. The summed E-state index contributed by atoms with van der Waals surface area (Å²) in [5, 5.41) is 65.0. The van der Waals surface area contributed by atoms with E-state index in [0.29, 0.717) is 52.4 Å². The number of amides is 1. The number of hydrogen-bond acceptors (Lipinski definition) is 25. The average Bonchev–Trinajstić information content (AvgIpc) is 1.66. The first kappa shape index (κ1) is 80.2. The molecule has 0 aliphatic carbocycles. The predicted molar refractivity (Wildman–Crippen MR) is 388 cm³/mol. The highest BCUT2D eigenvalue weighted by Crippen LogP contribution is 2.44. The van der Waals surface area contributed by atoms with Crippen LogP contribution < -0.4 is 16.8 Å². The van der Waals surface area contributed by atoms with E-state index in [9.17, 15) is 35.4 Å². The zero-order valence-corrected chi connectivity index (χ0v) is 61.9. The van der Waals surface area contributed by atoms with Gasteiger partial charge < -0.3 is 105 Å². The van der Waals surface area contributed by atoms with E-state index in [2.05, 4.69) is 124 Å². The summed E-state index contributed by atoms with van der Waals surface area (Å²) in [5.41, 5.74) is 13.0. The SMILES string of the molecule is C=C1N=C(N)C(OC)=CN1[C@@H]1O[C@H](CCP(=C)(C)C)[C@@H](O)[C@H]1O.C=C1N=C(N)C(OC)=CN1[C@@H]1O[C@H](CCP(=C)(C)C)[C@@H](O)[C@H]1OC.C=C1N=C(NC(C)=O)C=CN1[C@@H]1O[C@H](CCP(=C)(C)C)[C@@H](O)[C@H]1OC.C=P(C)(C)CC[C@H]1O[C@@H](c2cn(C)c(=S)nc2C)[C@H](O)[C@@H]1O. The number of carbonyl (C=O) groups is 1. The predicted octanol–water partition coefficient (Wildman–Crippen LogP) is 3.72. The van der Waals surface area contributed by atoms with Crippen LogP contribution in [0.5, 0.6) is 0 Å². The summed E-state index contributed by atoms with van der Waals surface area (Å²) in [6.45, 7) is 27.3. The highest BCUT2D eigenvalue weighted by Gasteiger charge is 2.50. The molecule has 8 heterocycles. The zero-order valence-electron chi connectivity index (χ0n) is 57.5. The van der Waals surface area contributed by atoms with Gasteiger partial charge in [-0.05, 0) is 129 Å². The highest BCUT2D eigenvalue weighted by molar-refractivity contribution is 7.73. The Balaban J connectivity index is 0.000000227. The van der Waals surface area contributed by atoms with Crippen LogP contribution >= 0.6 is 39.8 Å². The summed E-state index contributed by atoms with van der Waals surface area (Å²) >= 11 is 5.13. The third kappa shape index (κ3) is 22.0. The van der Waals surface area contributed by atoms with Crippen molar-refractivity contribution in [2.24, 2.45) is 33.5 Å². The number of nitrogens with two attached hydrogens (primary N) is 2. The molecule has 0 radical (unpaired) electrons. The maximum Gasteiger partial charge on any atom is 0.222 e. The van der Waals surface area contributed by atoms with Crippen molar-refractivity contribution < 1.29 is 73.3 Å². The van der Waals surface area contributed by atoms with Gasteiger partial charge in [0, 0.05) is 51.8 Å². The fourth-order valence-electron chi connectivity index (χ4n) is 10.9. The average molecular weight is 1410 g/mol. The van der Waals surface area contributed by atoms with Crippen LogP contribution in [0.2, 0.25) is 0 Å². The van der Waals surface area contributed by atoms with Crippen LogP contribution in [0.25, 0.3) is 0 Å². The van der Waals surface area contributed by atoms with Gasteiger partial charge in [-0.25, -0.2) is 20.0 Å². The number of nitrogens with zero attached hydrogens (tertiary/aromatic N) is 8. The van der Waals surface area contributed by atoms with Crippen molar-refractivity contribution in [3.63, 3.8) is 0 Å². The Hall–Kier alpha value is -4.46. The second-order valence-electron chi connectivity index (χ2n) is 27.0. The van der Waals surface area contributed by atoms with Gasteiger partial charge in [0.05, 0.1) is 51.0 Å². The van der Waals surface area contributed by atoms with Crippen molar-refractivity contribution in [3.8, 4) is 0 Å². The fraction of sp³-hybridized carbons (Fsp3) is 0.619. The van der Waals surface area contributed by atoms with Gasteiger partial charge in [0.1, 0.15) is 78.2 Å². The first-order valence-electron chi connectivity index (χ1n) is 30.7. The summed E-state index contributed by atoms with van der Waals surface area (Å²) in [5.74, 6) is 2.61. The second kappa shape index (κ2) is 33.9. The summed E-state index contributed by atoms with van der Waals surface area (Å²) in [6.07, 6.45) is 21.4. The number of nitrogens with one attached hydrogen (secondary N) is 1. The van der Waals surface area contributed by atoms with Crippen molar-refractivity contribution in [1.29, 1.82) is 0 Å². The number of aromatic nitrogens is 2. The molecule has 8 rings (SSSR count). The normalized spacial score (nSPS) is 30.4. The molecule has 1 aromatic heterocycles. The number of ether oxygens (including phenoxy) is 8. The van der Waals surface area contributed by atoms with E-state index in [4.69, 9.17) is 61.6 Å². The summed E-state index contributed by atoms with van der Waals surface area (Å²) in [6, 6.07) is 0. The fourth-order valence-corrected chi connectivity index (χ4v) is 14.9. The molecular weight excluding hydrogens is 1310 g/mol. The van der Waals surface area contributed by atoms with Crippen LogP contribution in [-0.4, -0.2) is 302 Å². The lowest BCUT2D eigenvalue weighted by Gasteiger charge is -2.32. The minimum atomic E-state index is -1.23. The molecule has 530 valence electrons. The molecular formula is C63H107N11O15P4S. The molecule has 11 N–H and O–H groups in total. The standard InChI is InChI=1S/C17H28N3O4P.C16H28N3O4P.C15H26N3O4P.C15H25N2O3PS/c1-11-18-14(19-12(2)21)7-9-20(11)17-16(23-3)15(22)13(24-17)8-10-25(4,5)6;1-10-18-15(17)12(21-2)9-19(10)16-14(22-3)13(20)11(23-16)7-8-24(4,5)6;1-9-17-14(16)11(21-2)8-18(9)15-13(20)12(19)10(22-15)6-7-23(3,4)5;1-9-10(8-17(2)15(22)16-9)14-13(19)12(18)11(20-14)6-7-21(3,4)5/h7,9,13,15-17,22H,1,4,8,10H2,2-3,5-6H3,(H,18,19,21);9,11,13-14,16,20H,1,4,7-8H2,2-3,5-6H3,(H2,17,18);8,10,12-13,15,19-20H,1,3,6-7H2,2,4-5H3,(H2,16,17);8,11-14,18-19H,3,6-7H2,1-2,4-5H3/t13-,15-,16-,17-;11-,13-,14-,16-;10-,12-,13-,15-;11-,12-,13-,14+/m1111/s1. The molecule has 0 aromatic carbocycles. The monoisotopic (exact) mass is 1410 g/mol.